The molecule has 0 saturated heterocycles. The van der Waals surface area contributed by atoms with Gasteiger partial charge >= 0.3 is 0 Å². The van der Waals surface area contributed by atoms with Crippen molar-refractivity contribution >= 4 is 28.8 Å². The van der Waals surface area contributed by atoms with E-state index in [9.17, 15) is 9.18 Å². The Morgan fingerprint density at radius 2 is 2.21 bits per heavy atom. The zero-order valence-electron chi connectivity index (χ0n) is 9.63. The van der Waals surface area contributed by atoms with E-state index in [2.05, 4.69) is 10.5 Å². The number of halogens is 1. The van der Waals surface area contributed by atoms with E-state index < -0.39 is 5.82 Å². The highest BCUT2D eigenvalue weighted by Crippen LogP contribution is 2.16. The average Bonchev–Trinajstić information content (AvgIpc) is 2.94. The fraction of sp³-hybridized carbons (Fsp3) is 0. The molecule has 1 aromatic heterocycles. The maximum atomic E-state index is 13.4. The van der Waals surface area contributed by atoms with Crippen LogP contribution < -0.4 is 11.1 Å². The van der Waals surface area contributed by atoms with Gasteiger partial charge in [-0.05, 0) is 29.6 Å². The van der Waals surface area contributed by atoms with E-state index in [4.69, 9.17) is 10.9 Å². The molecular weight excluding hydrogens is 269 g/mol. The molecule has 0 bridgehead atoms. The van der Waals surface area contributed by atoms with Crippen LogP contribution in [0.25, 0.3) is 0 Å². The fourth-order valence-electron chi connectivity index (χ4n) is 1.45. The summed E-state index contributed by atoms with van der Waals surface area (Å²) in [4.78, 5) is 11.8. The number of anilines is 1. The third kappa shape index (κ3) is 2.89. The van der Waals surface area contributed by atoms with Crippen molar-refractivity contribution < 1.29 is 14.4 Å². The third-order valence-electron chi connectivity index (χ3n) is 2.39. The van der Waals surface area contributed by atoms with Crippen molar-refractivity contribution in [1.29, 1.82) is 0 Å². The lowest BCUT2D eigenvalue weighted by molar-refractivity contribution is 0.102. The molecule has 0 aliphatic rings. The molecule has 1 heterocycles. The predicted octanol–water partition coefficient (Wildman–Crippen LogP) is 2.23. The molecule has 19 heavy (non-hydrogen) atoms. The molecule has 0 fully saturated rings. The summed E-state index contributed by atoms with van der Waals surface area (Å²) in [5.41, 5.74) is 6.13. The lowest BCUT2D eigenvalue weighted by Crippen LogP contribution is -2.16. The Hall–Kier alpha value is -2.41. The van der Waals surface area contributed by atoms with Gasteiger partial charge < -0.3 is 16.3 Å². The van der Waals surface area contributed by atoms with Crippen LogP contribution in [0.15, 0.2) is 40.2 Å². The van der Waals surface area contributed by atoms with Crippen molar-refractivity contribution in [3.8, 4) is 0 Å². The quantitative estimate of drug-likeness (QED) is 0.348. The molecule has 0 aliphatic carbocycles. The second kappa shape index (κ2) is 5.49. The first-order valence-electron chi connectivity index (χ1n) is 5.23. The molecular formula is C12H10FN3O2S. The molecule has 0 atom stereocenters. The number of nitrogens with one attached hydrogen (secondary N) is 1. The van der Waals surface area contributed by atoms with Crippen LogP contribution in [0.3, 0.4) is 0 Å². The Bertz CT molecular complexity index is 626. The van der Waals surface area contributed by atoms with Gasteiger partial charge in [-0.2, -0.15) is 11.3 Å². The summed E-state index contributed by atoms with van der Waals surface area (Å²) in [7, 11) is 0. The highest BCUT2D eigenvalue weighted by atomic mass is 32.1. The number of carbonyl (C=O) groups excluding carboxylic acids is 1. The zero-order valence-corrected chi connectivity index (χ0v) is 10.4. The first-order chi connectivity index (χ1) is 9.11. The Morgan fingerprint density at radius 1 is 1.42 bits per heavy atom. The van der Waals surface area contributed by atoms with E-state index in [-0.39, 0.29) is 17.3 Å². The van der Waals surface area contributed by atoms with Crippen LogP contribution in [0.5, 0.6) is 0 Å². The minimum Gasteiger partial charge on any atom is -0.409 e. The number of carbonyl (C=O) groups is 1. The molecule has 98 valence electrons. The van der Waals surface area contributed by atoms with E-state index in [1.165, 1.54) is 23.5 Å². The third-order valence-corrected chi connectivity index (χ3v) is 3.07. The number of thiophene rings is 1. The molecule has 7 heteroatoms. The second-order valence-corrected chi connectivity index (χ2v) is 4.43. The average molecular weight is 279 g/mol. The summed E-state index contributed by atoms with van der Waals surface area (Å²) in [6.45, 7) is 0. The monoisotopic (exact) mass is 279 g/mol. The number of hydrogen-bond donors (Lipinski definition) is 3. The van der Waals surface area contributed by atoms with Gasteiger partial charge in [0.15, 0.2) is 5.84 Å². The van der Waals surface area contributed by atoms with Crippen molar-refractivity contribution in [3.05, 3.63) is 52.0 Å². The number of amidine groups is 1. The molecule has 0 spiro atoms. The number of hydrogen-bond acceptors (Lipinski definition) is 4. The summed E-state index contributed by atoms with van der Waals surface area (Å²) in [6, 6.07) is 5.51. The molecule has 1 aromatic carbocycles. The van der Waals surface area contributed by atoms with Gasteiger partial charge in [0, 0.05) is 11.1 Å². The maximum absolute atomic E-state index is 13.4. The SMILES string of the molecule is NC(=NO)c1cc(NC(=O)c2ccsc2)ccc1F. The first-order valence-corrected chi connectivity index (χ1v) is 6.17. The zero-order chi connectivity index (χ0) is 13.8. The molecule has 2 rings (SSSR count). The lowest BCUT2D eigenvalue weighted by atomic mass is 10.1. The van der Waals surface area contributed by atoms with Crippen LogP contribution in [0.2, 0.25) is 0 Å². The van der Waals surface area contributed by atoms with Crippen molar-refractivity contribution in [2.45, 2.75) is 0 Å². The molecule has 0 unspecified atom stereocenters. The largest absolute Gasteiger partial charge is 0.409 e. The van der Waals surface area contributed by atoms with Gasteiger partial charge in [0.25, 0.3) is 5.91 Å². The Labute approximate surface area is 112 Å². The van der Waals surface area contributed by atoms with Gasteiger partial charge in [-0.3, -0.25) is 4.79 Å². The Kier molecular flexibility index (Phi) is 3.76. The summed E-state index contributed by atoms with van der Waals surface area (Å²) in [5, 5.41) is 17.4. The first kappa shape index (κ1) is 13.0. The summed E-state index contributed by atoms with van der Waals surface area (Å²) in [6.07, 6.45) is 0. The van der Waals surface area contributed by atoms with Crippen LogP contribution in [0.1, 0.15) is 15.9 Å². The Balaban J connectivity index is 2.25. The topological polar surface area (TPSA) is 87.7 Å². The number of rotatable bonds is 3. The van der Waals surface area contributed by atoms with Crippen LogP contribution in [-0.2, 0) is 0 Å². The van der Waals surface area contributed by atoms with Gasteiger partial charge in [-0.1, -0.05) is 5.16 Å². The molecule has 0 aliphatic heterocycles. The highest BCUT2D eigenvalue weighted by Gasteiger charge is 2.11. The van der Waals surface area contributed by atoms with E-state index in [1.54, 1.807) is 16.8 Å². The fourth-order valence-corrected chi connectivity index (χ4v) is 2.09. The predicted molar refractivity (Wildman–Crippen MR) is 71.2 cm³/mol. The van der Waals surface area contributed by atoms with Crippen LogP contribution in [0, 0.1) is 5.82 Å². The molecule has 1 amide bonds. The van der Waals surface area contributed by atoms with Gasteiger partial charge in [0.05, 0.1) is 11.1 Å². The molecule has 5 nitrogen and oxygen atoms in total. The minimum atomic E-state index is -0.635. The van der Waals surface area contributed by atoms with Crippen molar-refractivity contribution in [2.75, 3.05) is 5.32 Å². The number of amides is 1. The summed E-state index contributed by atoms with van der Waals surface area (Å²) in [5.74, 6) is -1.30. The smallest absolute Gasteiger partial charge is 0.256 e. The van der Waals surface area contributed by atoms with Gasteiger partial charge in [0.2, 0.25) is 0 Å². The molecule has 2 aromatic rings. The van der Waals surface area contributed by atoms with Crippen molar-refractivity contribution in [2.24, 2.45) is 10.9 Å². The van der Waals surface area contributed by atoms with Crippen LogP contribution in [-0.4, -0.2) is 17.0 Å². The maximum Gasteiger partial charge on any atom is 0.256 e. The molecule has 0 radical (unpaired) electrons. The highest BCUT2D eigenvalue weighted by molar-refractivity contribution is 7.08. The van der Waals surface area contributed by atoms with E-state index >= 15 is 0 Å². The Morgan fingerprint density at radius 3 is 2.84 bits per heavy atom. The normalized spacial score (nSPS) is 11.3. The molecule has 4 N–H and O–H groups in total. The van der Waals surface area contributed by atoms with E-state index in [0.717, 1.165) is 6.07 Å². The van der Waals surface area contributed by atoms with Gasteiger partial charge in [0.1, 0.15) is 5.82 Å². The summed E-state index contributed by atoms with van der Waals surface area (Å²) >= 11 is 1.40. The lowest BCUT2D eigenvalue weighted by Gasteiger charge is -2.07. The second-order valence-electron chi connectivity index (χ2n) is 3.65. The van der Waals surface area contributed by atoms with E-state index in [1.807, 2.05) is 0 Å². The van der Waals surface area contributed by atoms with Crippen molar-refractivity contribution in [3.63, 3.8) is 0 Å². The van der Waals surface area contributed by atoms with Crippen molar-refractivity contribution in [1.82, 2.24) is 0 Å². The molecule has 0 saturated carbocycles. The van der Waals surface area contributed by atoms with E-state index in [0.29, 0.717) is 11.3 Å². The van der Waals surface area contributed by atoms with Gasteiger partial charge in [-0.15, -0.1) is 0 Å². The standard InChI is InChI=1S/C12H10FN3O2S/c13-10-2-1-8(5-9(10)11(14)16-18)15-12(17)7-3-4-19-6-7/h1-6,18H,(H2,14,16)(H,15,17). The summed E-state index contributed by atoms with van der Waals surface area (Å²) < 4.78 is 13.4. The number of nitrogens with zero attached hydrogens (tertiary/aromatic N) is 1. The van der Waals surface area contributed by atoms with Gasteiger partial charge in [-0.25, -0.2) is 4.39 Å². The van der Waals surface area contributed by atoms with Crippen LogP contribution in [0.4, 0.5) is 10.1 Å². The number of benzene rings is 1. The van der Waals surface area contributed by atoms with Crippen LogP contribution >= 0.6 is 11.3 Å². The number of oxime groups is 1. The minimum absolute atomic E-state index is 0.0781. The number of nitrogens with two attached hydrogens (primary N) is 1.